The number of amides is 2. The van der Waals surface area contributed by atoms with Crippen molar-refractivity contribution in [2.75, 3.05) is 6.54 Å². The van der Waals surface area contributed by atoms with Gasteiger partial charge < -0.3 is 10.6 Å². The third-order valence-electron chi connectivity index (χ3n) is 3.59. The molecule has 5 nitrogen and oxygen atoms in total. The van der Waals surface area contributed by atoms with Crippen molar-refractivity contribution in [1.82, 2.24) is 4.90 Å². The van der Waals surface area contributed by atoms with Gasteiger partial charge >= 0.3 is 0 Å². The van der Waals surface area contributed by atoms with Gasteiger partial charge in [0.25, 0.3) is 0 Å². The molecule has 5 heteroatoms. The van der Waals surface area contributed by atoms with E-state index in [1.54, 1.807) is 29.2 Å². The second-order valence-electron chi connectivity index (χ2n) is 5.53. The number of nitrogens with two attached hydrogens (primary N) is 1. The van der Waals surface area contributed by atoms with E-state index in [9.17, 15) is 9.59 Å². The van der Waals surface area contributed by atoms with Crippen LogP contribution in [0.4, 0.5) is 0 Å². The number of nitriles is 1. The van der Waals surface area contributed by atoms with Crippen molar-refractivity contribution >= 4 is 17.9 Å². The summed E-state index contributed by atoms with van der Waals surface area (Å²) in [5.74, 6) is -0.663. The van der Waals surface area contributed by atoms with Crippen molar-refractivity contribution in [2.45, 2.75) is 13.0 Å². The van der Waals surface area contributed by atoms with Crippen LogP contribution < -0.4 is 5.73 Å². The van der Waals surface area contributed by atoms with Gasteiger partial charge in [0, 0.05) is 25.6 Å². The minimum absolute atomic E-state index is 0.107. The summed E-state index contributed by atoms with van der Waals surface area (Å²) in [6.45, 7) is 0.654. The van der Waals surface area contributed by atoms with Crippen molar-refractivity contribution in [2.24, 2.45) is 5.73 Å². The Morgan fingerprint density at radius 3 is 2.56 bits per heavy atom. The quantitative estimate of drug-likeness (QED) is 0.790. The predicted octanol–water partition coefficient (Wildman–Crippen LogP) is 2.48. The summed E-state index contributed by atoms with van der Waals surface area (Å²) in [7, 11) is 0. The first-order valence-corrected chi connectivity index (χ1v) is 7.88. The maximum Gasteiger partial charge on any atom is 0.246 e. The van der Waals surface area contributed by atoms with Crippen molar-refractivity contribution in [3.8, 4) is 6.07 Å². The molecule has 0 unspecified atom stereocenters. The Morgan fingerprint density at radius 2 is 1.88 bits per heavy atom. The molecule has 0 aliphatic heterocycles. The molecule has 0 aliphatic carbocycles. The summed E-state index contributed by atoms with van der Waals surface area (Å²) in [6.07, 6.45) is 3.21. The molecular formula is C20H19N3O2. The van der Waals surface area contributed by atoms with Gasteiger partial charge in [-0.05, 0) is 29.3 Å². The number of benzene rings is 2. The molecule has 2 aromatic carbocycles. The lowest BCUT2D eigenvalue weighted by molar-refractivity contribution is -0.127. The van der Waals surface area contributed by atoms with E-state index in [0.717, 1.165) is 11.1 Å². The zero-order chi connectivity index (χ0) is 18.1. The standard InChI is InChI=1S/C20H19N3O2/c21-14-18-8-4-7-16(13-18)9-10-20(25)23(12-11-19(22)24)15-17-5-2-1-3-6-17/h1-10,13H,11-12,15H2,(H2,22,24)/b10-9-. The lowest BCUT2D eigenvalue weighted by atomic mass is 10.1. The Hall–Kier alpha value is -3.39. The van der Waals surface area contributed by atoms with Crippen molar-refractivity contribution < 1.29 is 9.59 Å². The van der Waals surface area contributed by atoms with Crippen LogP contribution in [0.1, 0.15) is 23.1 Å². The summed E-state index contributed by atoms with van der Waals surface area (Å²) in [6, 6.07) is 18.6. The van der Waals surface area contributed by atoms with Gasteiger partial charge in [0.1, 0.15) is 0 Å². The third-order valence-corrected chi connectivity index (χ3v) is 3.59. The van der Waals surface area contributed by atoms with Crippen molar-refractivity contribution in [1.29, 1.82) is 5.26 Å². The number of rotatable bonds is 7. The molecule has 2 N–H and O–H groups in total. The van der Waals surface area contributed by atoms with Crippen LogP contribution in [0.3, 0.4) is 0 Å². The van der Waals surface area contributed by atoms with Gasteiger partial charge in [-0.2, -0.15) is 5.26 Å². The first-order chi connectivity index (χ1) is 12.1. The molecule has 2 amide bonds. The number of nitrogens with zero attached hydrogens (tertiary/aromatic N) is 2. The van der Waals surface area contributed by atoms with Gasteiger partial charge in [-0.15, -0.1) is 0 Å². The van der Waals surface area contributed by atoms with Crippen LogP contribution in [-0.2, 0) is 16.1 Å². The molecule has 0 fully saturated rings. The maximum absolute atomic E-state index is 12.5. The molecule has 2 rings (SSSR count). The molecule has 2 aromatic rings. The summed E-state index contributed by atoms with van der Waals surface area (Å²) in [4.78, 5) is 25.1. The van der Waals surface area contributed by atoms with Gasteiger partial charge in [0.05, 0.1) is 11.6 Å². The average molecular weight is 333 g/mol. The predicted molar refractivity (Wildman–Crippen MR) is 95.9 cm³/mol. The molecule has 0 aromatic heterocycles. The number of hydrogen-bond acceptors (Lipinski definition) is 3. The van der Waals surface area contributed by atoms with Crippen LogP contribution in [0, 0.1) is 11.3 Å². The van der Waals surface area contributed by atoms with Crippen LogP contribution in [0.5, 0.6) is 0 Å². The lowest BCUT2D eigenvalue weighted by Crippen LogP contribution is -2.32. The van der Waals surface area contributed by atoms with Gasteiger partial charge in [-0.25, -0.2) is 0 Å². The second-order valence-corrected chi connectivity index (χ2v) is 5.53. The first-order valence-electron chi connectivity index (χ1n) is 7.88. The van der Waals surface area contributed by atoms with E-state index in [1.807, 2.05) is 36.4 Å². The number of carbonyl (C=O) groups is 2. The zero-order valence-corrected chi connectivity index (χ0v) is 13.8. The molecule has 0 bridgehead atoms. The number of hydrogen-bond donors (Lipinski definition) is 1. The highest BCUT2D eigenvalue weighted by Crippen LogP contribution is 2.09. The fourth-order valence-corrected chi connectivity index (χ4v) is 2.30. The van der Waals surface area contributed by atoms with Crippen LogP contribution in [0.25, 0.3) is 6.08 Å². The van der Waals surface area contributed by atoms with Gasteiger partial charge in [-0.1, -0.05) is 42.5 Å². The van der Waals surface area contributed by atoms with E-state index >= 15 is 0 Å². The Kier molecular flexibility index (Phi) is 6.49. The van der Waals surface area contributed by atoms with Crippen LogP contribution in [0.15, 0.2) is 60.7 Å². The minimum atomic E-state index is -0.448. The summed E-state index contributed by atoms with van der Waals surface area (Å²) >= 11 is 0. The third kappa shape index (κ3) is 5.96. The monoisotopic (exact) mass is 333 g/mol. The Morgan fingerprint density at radius 1 is 1.12 bits per heavy atom. The largest absolute Gasteiger partial charge is 0.370 e. The first kappa shape index (κ1) is 18.0. The highest BCUT2D eigenvalue weighted by molar-refractivity contribution is 5.92. The van der Waals surface area contributed by atoms with E-state index in [0.29, 0.717) is 12.1 Å². The maximum atomic E-state index is 12.5. The lowest BCUT2D eigenvalue weighted by Gasteiger charge is -2.20. The van der Waals surface area contributed by atoms with Crippen LogP contribution >= 0.6 is 0 Å². The smallest absolute Gasteiger partial charge is 0.246 e. The van der Waals surface area contributed by atoms with Crippen LogP contribution in [0.2, 0.25) is 0 Å². The highest BCUT2D eigenvalue weighted by atomic mass is 16.2. The molecular weight excluding hydrogens is 314 g/mol. The van der Waals surface area contributed by atoms with E-state index in [-0.39, 0.29) is 18.9 Å². The average Bonchev–Trinajstić information content (AvgIpc) is 2.64. The van der Waals surface area contributed by atoms with Gasteiger partial charge in [0.15, 0.2) is 0 Å². The minimum Gasteiger partial charge on any atom is -0.370 e. The van der Waals surface area contributed by atoms with E-state index in [2.05, 4.69) is 6.07 Å². The highest BCUT2D eigenvalue weighted by Gasteiger charge is 2.12. The van der Waals surface area contributed by atoms with E-state index < -0.39 is 5.91 Å². The molecule has 126 valence electrons. The molecule has 0 heterocycles. The van der Waals surface area contributed by atoms with Gasteiger partial charge in [0.2, 0.25) is 11.8 Å². The molecule has 0 saturated carbocycles. The number of carbonyl (C=O) groups excluding carboxylic acids is 2. The van der Waals surface area contributed by atoms with E-state index in [1.165, 1.54) is 6.08 Å². The molecule has 0 radical (unpaired) electrons. The number of primary amides is 1. The Labute approximate surface area is 147 Å². The van der Waals surface area contributed by atoms with Crippen molar-refractivity contribution in [3.63, 3.8) is 0 Å². The SMILES string of the molecule is N#Cc1cccc(/C=C\C(=O)N(CCC(N)=O)Cc2ccccc2)c1. The van der Waals surface area contributed by atoms with Crippen molar-refractivity contribution in [3.05, 3.63) is 77.4 Å². The topological polar surface area (TPSA) is 87.2 Å². The normalized spacial score (nSPS) is 10.4. The molecule has 0 saturated heterocycles. The summed E-state index contributed by atoms with van der Waals surface area (Å²) < 4.78 is 0. The van der Waals surface area contributed by atoms with E-state index in [4.69, 9.17) is 11.0 Å². The fourth-order valence-electron chi connectivity index (χ4n) is 2.30. The molecule has 0 spiro atoms. The Bertz CT molecular complexity index is 807. The summed E-state index contributed by atoms with van der Waals surface area (Å²) in [5, 5.41) is 8.92. The van der Waals surface area contributed by atoms with Crippen LogP contribution in [-0.4, -0.2) is 23.3 Å². The fraction of sp³-hybridized carbons (Fsp3) is 0.150. The molecule has 0 aliphatic rings. The zero-order valence-electron chi connectivity index (χ0n) is 13.8. The Balaban J connectivity index is 2.11. The molecule has 25 heavy (non-hydrogen) atoms. The second kappa shape index (κ2) is 9.04. The molecule has 0 atom stereocenters. The summed E-state index contributed by atoms with van der Waals surface area (Å²) in [5.41, 5.74) is 7.48. The van der Waals surface area contributed by atoms with Gasteiger partial charge in [-0.3, -0.25) is 9.59 Å².